The molecule has 48 heavy (non-hydrogen) atoms. The molecule has 13 nitrogen and oxygen atoms in total. The van der Waals surface area contributed by atoms with Crippen molar-refractivity contribution in [3.63, 3.8) is 0 Å². The van der Waals surface area contributed by atoms with Gasteiger partial charge < -0.3 is 18.6 Å². The lowest BCUT2D eigenvalue weighted by atomic mass is 10.0. The number of fused-ring (bicyclic) bond motifs is 1. The number of hydrogen-bond donors (Lipinski definition) is 2. The zero-order valence-electron chi connectivity index (χ0n) is 24.8. The lowest BCUT2D eigenvalue weighted by molar-refractivity contribution is -0.147. The van der Waals surface area contributed by atoms with Crippen molar-refractivity contribution < 1.29 is 57.9 Å². The van der Waals surface area contributed by atoms with Gasteiger partial charge in [0.1, 0.15) is 17.1 Å². The number of anilines is 2. The van der Waals surface area contributed by atoms with Crippen LogP contribution in [-0.2, 0) is 30.3 Å². The Hall–Kier alpha value is -5.01. The van der Waals surface area contributed by atoms with Crippen molar-refractivity contribution >= 4 is 33.9 Å². The fraction of sp³-hybridized carbons (Fsp3) is 0.276. The van der Waals surface area contributed by atoms with E-state index in [0.29, 0.717) is 6.42 Å². The number of rotatable bonds is 13. The van der Waals surface area contributed by atoms with Crippen LogP contribution in [0.3, 0.4) is 0 Å². The van der Waals surface area contributed by atoms with Gasteiger partial charge in [-0.15, -0.1) is 0 Å². The van der Waals surface area contributed by atoms with Crippen LogP contribution >= 0.6 is 0 Å². The van der Waals surface area contributed by atoms with E-state index in [-0.39, 0.29) is 53.0 Å². The first kappa shape index (κ1) is 34.3. The predicted octanol–water partition coefficient (Wildman–Crippen LogP) is 5.78. The maximum absolute atomic E-state index is 14.5. The summed E-state index contributed by atoms with van der Waals surface area (Å²) in [5.74, 6) is -3.46. The fourth-order valence-corrected chi connectivity index (χ4v) is 4.95. The predicted molar refractivity (Wildman–Crippen MR) is 158 cm³/mol. The highest BCUT2D eigenvalue weighted by molar-refractivity contribution is 7.80. The van der Waals surface area contributed by atoms with Gasteiger partial charge in [0.05, 0.1) is 37.4 Å². The normalized spacial score (nSPS) is 13.6. The van der Waals surface area contributed by atoms with Crippen LogP contribution in [0.25, 0.3) is 17.3 Å². The van der Waals surface area contributed by atoms with Crippen LogP contribution in [-0.4, -0.2) is 53.5 Å². The molecule has 1 atom stereocenters. The first-order valence-electron chi connectivity index (χ1n) is 14.1. The summed E-state index contributed by atoms with van der Waals surface area (Å²) in [5, 5.41) is 4.93. The Bertz CT molecular complexity index is 1930. The molecule has 0 saturated heterocycles. The first-order valence-corrected chi connectivity index (χ1v) is 15.5. The summed E-state index contributed by atoms with van der Waals surface area (Å²) in [6.07, 6.45) is -0.518. The van der Waals surface area contributed by atoms with Gasteiger partial charge in [-0.2, -0.15) is 21.6 Å². The molecule has 0 saturated carbocycles. The lowest BCUT2D eigenvalue weighted by Gasteiger charge is -2.26. The zero-order chi connectivity index (χ0) is 34.6. The average Bonchev–Trinajstić information content (AvgIpc) is 3.68. The maximum atomic E-state index is 14.5. The van der Waals surface area contributed by atoms with Crippen LogP contribution in [0.1, 0.15) is 42.8 Å². The van der Waals surface area contributed by atoms with E-state index in [1.165, 1.54) is 41.4 Å². The van der Waals surface area contributed by atoms with Crippen molar-refractivity contribution in [3.05, 3.63) is 83.6 Å². The molecule has 1 aliphatic rings. The molecule has 0 fully saturated rings. The number of hydrogen-bond acceptors (Lipinski definition) is 11. The van der Waals surface area contributed by atoms with Gasteiger partial charge in [0.25, 0.3) is 0 Å². The number of alkyl halides is 3. The van der Waals surface area contributed by atoms with Gasteiger partial charge in [0.15, 0.2) is 29.3 Å². The standard InChI is InChI=1S/C29H26F5N5O8S/c1-2-11-44-17-7-8-18(19(14-17)29(32,33)34)21-15-24(47-37-21)26(28(40)45-12-4-13-46-48(41,42)43)38-16-35-27-23(38)9-10-39(36-27)22-6-3-5-20(30)25(22)31/h3,5-10,14-16,26,36H,2,4,11-13H2,1H3,(H,41,42,43). The number of carbonyl (C=O) groups excluding carboxylic acids is 1. The average molecular weight is 700 g/mol. The molecule has 3 heterocycles. The zero-order valence-corrected chi connectivity index (χ0v) is 25.6. The molecule has 4 aromatic rings. The third-order valence-electron chi connectivity index (χ3n) is 6.74. The molecule has 2 aromatic carbocycles. The third kappa shape index (κ3) is 7.75. The van der Waals surface area contributed by atoms with Gasteiger partial charge in [-0.05, 0) is 42.8 Å². The summed E-state index contributed by atoms with van der Waals surface area (Å²) in [6.45, 7) is 1.07. The second-order valence-electron chi connectivity index (χ2n) is 10.1. The van der Waals surface area contributed by atoms with E-state index in [4.69, 9.17) is 18.5 Å². The number of carbonyl (C=O) groups is 1. The summed E-state index contributed by atoms with van der Waals surface area (Å²) >= 11 is 0. The summed E-state index contributed by atoms with van der Waals surface area (Å²) in [6, 6.07) is 6.43. The number of nitrogens with zero attached hydrogens (tertiary/aromatic N) is 4. The van der Waals surface area contributed by atoms with Crippen molar-refractivity contribution in [1.82, 2.24) is 14.7 Å². The Balaban J connectivity index is 1.48. The van der Waals surface area contributed by atoms with Crippen LogP contribution in [0.5, 0.6) is 5.75 Å². The SMILES string of the molecule is CCCOc1ccc(-c2cc(C(C(=O)OCCCOS(=O)(=O)O)n3cnc4c3C=CN(c3cccc(F)c3F)N4)on2)c(C(F)(F)F)c1. The van der Waals surface area contributed by atoms with Gasteiger partial charge in [-0.3, -0.25) is 15.0 Å². The van der Waals surface area contributed by atoms with Crippen LogP contribution in [0, 0.1) is 11.6 Å². The minimum Gasteiger partial charge on any atom is -0.494 e. The summed E-state index contributed by atoms with van der Waals surface area (Å²) in [7, 11) is -4.73. The second-order valence-corrected chi connectivity index (χ2v) is 11.2. The Morgan fingerprint density at radius 2 is 1.92 bits per heavy atom. The van der Waals surface area contributed by atoms with E-state index in [1.54, 1.807) is 6.92 Å². The smallest absolute Gasteiger partial charge is 0.417 e. The molecule has 0 radical (unpaired) electrons. The molecule has 256 valence electrons. The Kier molecular flexibility index (Phi) is 10.0. The number of halogens is 5. The topological polar surface area (TPSA) is 158 Å². The summed E-state index contributed by atoms with van der Waals surface area (Å²) in [4.78, 5) is 17.7. The maximum Gasteiger partial charge on any atom is 0.417 e. The minimum absolute atomic E-state index is 0.00688. The van der Waals surface area contributed by atoms with Gasteiger partial charge in [0.2, 0.25) is 0 Å². The molecule has 2 aromatic heterocycles. The summed E-state index contributed by atoms with van der Waals surface area (Å²) < 4.78 is 122. The van der Waals surface area contributed by atoms with Gasteiger partial charge in [-0.1, -0.05) is 18.1 Å². The van der Waals surface area contributed by atoms with E-state index in [9.17, 15) is 35.2 Å². The quantitative estimate of drug-likeness (QED) is 0.0751. The molecule has 0 aliphatic carbocycles. The Labute approximate surface area is 269 Å². The number of nitrogens with one attached hydrogen (secondary N) is 1. The van der Waals surface area contributed by atoms with E-state index >= 15 is 0 Å². The molecule has 1 aliphatic heterocycles. The van der Waals surface area contributed by atoms with Crippen LogP contribution in [0.15, 0.2) is 59.5 Å². The van der Waals surface area contributed by atoms with Gasteiger partial charge in [-0.25, -0.2) is 22.7 Å². The Morgan fingerprint density at radius 3 is 2.65 bits per heavy atom. The highest BCUT2D eigenvalue weighted by Gasteiger charge is 2.37. The first-order chi connectivity index (χ1) is 22.8. The van der Waals surface area contributed by atoms with Crippen LogP contribution < -0.4 is 15.2 Å². The van der Waals surface area contributed by atoms with Crippen LogP contribution in [0.2, 0.25) is 0 Å². The van der Waals surface area contributed by atoms with Gasteiger partial charge in [0, 0.05) is 24.3 Å². The molecular weight excluding hydrogens is 673 g/mol. The fourth-order valence-electron chi connectivity index (χ4n) is 4.62. The number of hydrazine groups is 1. The van der Waals surface area contributed by atoms with Crippen LogP contribution in [0.4, 0.5) is 33.5 Å². The molecule has 2 N–H and O–H groups in total. The minimum atomic E-state index is -4.81. The van der Waals surface area contributed by atoms with Crippen molar-refractivity contribution in [2.75, 3.05) is 30.3 Å². The number of esters is 1. The molecule has 0 spiro atoms. The largest absolute Gasteiger partial charge is 0.494 e. The number of ether oxygens (including phenoxy) is 2. The molecule has 0 amide bonds. The van der Waals surface area contributed by atoms with Gasteiger partial charge >= 0.3 is 22.5 Å². The molecule has 19 heteroatoms. The van der Waals surface area contributed by atoms with Crippen molar-refractivity contribution in [3.8, 4) is 17.0 Å². The molecule has 0 bridgehead atoms. The van der Waals surface area contributed by atoms with Crippen molar-refractivity contribution in [2.24, 2.45) is 0 Å². The number of benzene rings is 2. The van der Waals surface area contributed by atoms with E-state index in [0.717, 1.165) is 29.3 Å². The molecule has 1 unspecified atom stereocenters. The third-order valence-corrected chi connectivity index (χ3v) is 7.20. The van der Waals surface area contributed by atoms with Crippen molar-refractivity contribution in [2.45, 2.75) is 32.0 Å². The summed E-state index contributed by atoms with van der Waals surface area (Å²) in [5.41, 5.74) is 1.10. The monoisotopic (exact) mass is 699 g/mol. The number of imidazole rings is 1. The van der Waals surface area contributed by atoms with E-state index < -0.39 is 59.0 Å². The number of aromatic nitrogens is 3. The van der Waals surface area contributed by atoms with E-state index in [1.807, 2.05) is 0 Å². The highest BCUT2D eigenvalue weighted by Crippen LogP contribution is 2.40. The molecular formula is C29H26F5N5O8S. The van der Waals surface area contributed by atoms with Crippen molar-refractivity contribution in [1.29, 1.82) is 0 Å². The Morgan fingerprint density at radius 1 is 1.12 bits per heavy atom. The lowest BCUT2D eigenvalue weighted by Crippen LogP contribution is -2.29. The molecule has 5 rings (SSSR count). The highest BCUT2D eigenvalue weighted by atomic mass is 32.3. The van der Waals surface area contributed by atoms with E-state index in [2.05, 4.69) is 19.7 Å². The second kappa shape index (κ2) is 14.0.